The van der Waals surface area contributed by atoms with Crippen molar-refractivity contribution in [3.05, 3.63) is 51.5 Å². The lowest BCUT2D eigenvalue weighted by Gasteiger charge is -2.45. The summed E-state index contributed by atoms with van der Waals surface area (Å²) >= 11 is 0. The minimum Gasteiger partial charge on any atom is -0.401 e. The number of methoxy groups -OCH3 is 1. The number of halogens is 1. The monoisotopic (exact) mass is 372 g/mol. The number of sulfone groups is 1. The van der Waals surface area contributed by atoms with Crippen LogP contribution in [0.4, 0.5) is 10.1 Å². The largest absolute Gasteiger partial charge is 0.401 e. The van der Waals surface area contributed by atoms with Gasteiger partial charge in [-0.2, -0.15) is 0 Å². The number of nitrogens with zero attached hydrogens (tertiary/aromatic N) is 1. The minimum absolute atomic E-state index is 0.00327. The van der Waals surface area contributed by atoms with Gasteiger partial charge in [-0.1, -0.05) is 6.08 Å². The minimum atomic E-state index is -3.56. The van der Waals surface area contributed by atoms with E-state index in [-0.39, 0.29) is 23.4 Å². The highest BCUT2D eigenvalue weighted by molar-refractivity contribution is 7.92. The summed E-state index contributed by atoms with van der Waals surface area (Å²) in [6.07, 6.45) is 1.78. The SMILES string of the molecule is CO[C@H]1C[C@](C)(S(C)(=O)=O)C(N)=C[C@]1(C)c1cc([N+](=O)[O-])ccc1F. The molecule has 1 aliphatic carbocycles. The van der Waals surface area contributed by atoms with Crippen LogP contribution in [0.25, 0.3) is 0 Å². The van der Waals surface area contributed by atoms with Crippen molar-refractivity contribution in [3.8, 4) is 0 Å². The second-order valence-electron chi connectivity index (χ2n) is 6.74. The van der Waals surface area contributed by atoms with Crippen molar-refractivity contribution in [1.82, 2.24) is 0 Å². The first kappa shape index (κ1) is 19.3. The van der Waals surface area contributed by atoms with Crippen LogP contribution in [0.3, 0.4) is 0 Å². The molecule has 1 aliphatic rings. The van der Waals surface area contributed by atoms with Gasteiger partial charge in [0.05, 0.1) is 11.0 Å². The molecule has 1 aromatic carbocycles. The van der Waals surface area contributed by atoms with Gasteiger partial charge in [0.2, 0.25) is 0 Å². The Balaban J connectivity index is 2.72. The highest BCUT2D eigenvalue weighted by Crippen LogP contribution is 2.45. The fraction of sp³-hybridized carbons (Fsp3) is 0.500. The Labute approximate surface area is 145 Å². The van der Waals surface area contributed by atoms with Crippen LogP contribution in [0.1, 0.15) is 25.8 Å². The van der Waals surface area contributed by atoms with Gasteiger partial charge in [0.1, 0.15) is 10.6 Å². The number of benzene rings is 1. The van der Waals surface area contributed by atoms with E-state index < -0.39 is 36.8 Å². The van der Waals surface area contributed by atoms with E-state index >= 15 is 0 Å². The molecule has 7 nitrogen and oxygen atoms in total. The van der Waals surface area contributed by atoms with Crippen LogP contribution in [0.5, 0.6) is 0 Å². The molecular formula is C16H21FN2O5S. The van der Waals surface area contributed by atoms with Gasteiger partial charge in [-0.3, -0.25) is 10.1 Å². The zero-order valence-electron chi connectivity index (χ0n) is 14.4. The lowest BCUT2D eigenvalue weighted by atomic mass is 9.69. The molecule has 9 heteroatoms. The van der Waals surface area contributed by atoms with Gasteiger partial charge in [0.15, 0.2) is 9.84 Å². The van der Waals surface area contributed by atoms with Crippen LogP contribution in [0.15, 0.2) is 30.0 Å². The lowest BCUT2D eigenvalue weighted by molar-refractivity contribution is -0.385. The Kier molecular flexibility index (Phi) is 4.69. The van der Waals surface area contributed by atoms with Crippen LogP contribution in [0.2, 0.25) is 0 Å². The Hall–Kier alpha value is -2.00. The molecule has 0 bridgehead atoms. The predicted molar refractivity (Wildman–Crippen MR) is 91.3 cm³/mol. The van der Waals surface area contributed by atoms with E-state index in [1.54, 1.807) is 6.92 Å². The van der Waals surface area contributed by atoms with E-state index in [9.17, 15) is 22.9 Å². The molecule has 25 heavy (non-hydrogen) atoms. The molecule has 0 aliphatic heterocycles. The van der Waals surface area contributed by atoms with Crippen molar-refractivity contribution in [2.45, 2.75) is 36.5 Å². The highest BCUT2D eigenvalue weighted by atomic mass is 32.2. The number of nitro groups is 1. The van der Waals surface area contributed by atoms with Crippen molar-refractivity contribution in [3.63, 3.8) is 0 Å². The van der Waals surface area contributed by atoms with Gasteiger partial charge in [-0.25, -0.2) is 12.8 Å². The second kappa shape index (κ2) is 6.06. The maximum absolute atomic E-state index is 14.5. The molecule has 2 rings (SSSR count). The number of nitro benzene ring substituents is 1. The summed E-state index contributed by atoms with van der Waals surface area (Å²) < 4.78 is 43.0. The maximum atomic E-state index is 14.5. The van der Waals surface area contributed by atoms with Crippen LogP contribution in [0, 0.1) is 15.9 Å². The van der Waals surface area contributed by atoms with Crippen molar-refractivity contribution < 1.29 is 22.5 Å². The van der Waals surface area contributed by atoms with Gasteiger partial charge >= 0.3 is 0 Å². The summed E-state index contributed by atoms with van der Waals surface area (Å²) in [4.78, 5) is 10.4. The van der Waals surface area contributed by atoms with Gasteiger partial charge in [-0.15, -0.1) is 0 Å². The summed E-state index contributed by atoms with van der Waals surface area (Å²) in [6.45, 7) is 3.11. The molecule has 0 radical (unpaired) electrons. The number of ether oxygens (including phenoxy) is 1. The van der Waals surface area contributed by atoms with Crippen LogP contribution >= 0.6 is 0 Å². The summed E-state index contributed by atoms with van der Waals surface area (Å²) in [5.74, 6) is -0.651. The van der Waals surface area contributed by atoms with Crippen molar-refractivity contribution >= 4 is 15.5 Å². The maximum Gasteiger partial charge on any atom is 0.269 e. The molecule has 0 spiro atoms. The Bertz CT molecular complexity index is 854. The van der Waals surface area contributed by atoms with Crippen molar-refractivity contribution in [1.29, 1.82) is 0 Å². The van der Waals surface area contributed by atoms with E-state index in [4.69, 9.17) is 10.5 Å². The fourth-order valence-electron chi connectivity index (χ4n) is 3.24. The quantitative estimate of drug-likeness (QED) is 0.639. The Morgan fingerprint density at radius 1 is 1.40 bits per heavy atom. The normalized spacial score (nSPS) is 30.0. The highest BCUT2D eigenvalue weighted by Gasteiger charge is 2.51. The zero-order chi connectivity index (χ0) is 19.2. The van der Waals surface area contributed by atoms with E-state index in [1.165, 1.54) is 20.1 Å². The molecule has 0 fully saturated rings. The number of hydrogen-bond acceptors (Lipinski definition) is 6. The average molecular weight is 372 g/mol. The van der Waals surface area contributed by atoms with Gasteiger partial charge < -0.3 is 10.5 Å². The third kappa shape index (κ3) is 3.02. The average Bonchev–Trinajstić information content (AvgIpc) is 2.49. The fourth-order valence-corrected chi connectivity index (χ4v) is 4.18. The summed E-state index contributed by atoms with van der Waals surface area (Å²) in [7, 11) is -2.17. The molecule has 1 aromatic rings. The summed E-state index contributed by atoms with van der Waals surface area (Å²) in [6, 6.07) is 3.22. The van der Waals surface area contributed by atoms with Crippen molar-refractivity contribution in [2.24, 2.45) is 5.73 Å². The number of hydrogen-bond donors (Lipinski definition) is 1. The van der Waals surface area contributed by atoms with Crippen molar-refractivity contribution in [2.75, 3.05) is 13.4 Å². The standard InChI is InChI=1S/C16H21FN2O5S/c1-15(11-7-10(19(20)21)5-6-12(11)17)8-13(18)16(2,25(4,22)23)9-14(15)24-3/h5-8,14H,9,18H2,1-4H3/t14-,15+,16-/m0/s1. The third-order valence-electron chi connectivity index (χ3n) is 5.15. The topological polar surface area (TPSA) is 113 Å². The molecular weight excluding hydrogens is 351 g/mol. The smallest absolute Gasteiger partial charge is 0.269 e. The molecule has 0 aromatic heterocycles. The molecule has 2 N–H and O–H groups in total. The van der Waals surface area contributed by atoms with Gasteiger partial charge in [0.25, 0.3) is 5.69 Å². The molecule has 0 saturated heterocycles. The zero-order valence-corrected chi connectivity index (χ0v) is 15.3. The number of rotatable bonds is 4. The van der Waals surface area contributed by atoms with E-state index in [0.717, 1.165) is 24.5 Å². The Morgan fingerprint density at radius 2 is 2.00 bits per heavy atom. The van der Waals surface area contributed by atoms with Crippen LogP contribution in [-0.4, -0.2) is 37.6 Å². The van der Waals surface area contributed by atoms with Crippen LogP contribution < -0.4 is 5.73 Å². The van der Waals surface area contributed by atoms with Gasteiger partial charge in [0, 0.05) is 42.2 Å². The molecule has 3 atom stereocenters. The van der Waals surface area contributed by atoms with Crippen LogP contribution in [-0.2, 0) is 20.0 Å². The predicted octanol–water partition coefficient (Wildman–Crippen LogP) is 2.06. The van der Waals surface area contributed by atoms with E-state index in [1.807, 2.05) is 0 Å². The first-order valence-electron chi connectivity index (χ1n) is 7.52. The lowest BCUT2D eigenvalue weighted by Crippen LogP contribution is -2.53. The molecule has 138 valence electrons. The first-order valence-corrected chi connectivity index (χ1v) is 9.41. The molecule has 0 unspecified atom stereocenters. The molecule has 0 amide bonds. The Morgan fingerprint density at radius 3 is 2.48 bits per heavy atom. The number of nitrogens with two attached hydrogens (primary N) is 1. The molecule has 0 saturated carbocycles. The number of non-ortho nitro benzene ring substituents is 1. The van der Waals surface area contributed by atoms with E-state index in [2.05, 4.69) is 0 Å². The summed E-state index contributed by atoms with van der Waals surface area (Å²) in [5, 5.41) is 11.0. The van der Waals surface area contributed by atoms with Gasteiger partial charge in [-0.05, 0) is 26.3 Å². The summed E-state index contributed by atoms with van der Waals surface area (Å²) in [5.41, 5.74) is 4.73. The molecule has 0 heterocycles. The second-order valence-corrected chi connectivity index (χ2v) is 9.18. The first-order chi connectivity index (χ1) is 11.4. The third-order valence-corrected chi connectivity index (χ3v) is 7.19. The van der Waals surface area contributed by atoms with E-state index in [0.29, 0.717) is 0 Å².